The molecule has 0 N–H and O–H groups in total. The zero-order chi connectivity index (χ0) is 26.4. The average molecular weight is 500 g/mol. The number of carbonyl (C=O) groups is 3. The zero-order valence-corrected chi connectivity index (χ0v) is 22.1. The van der Waals surface area contributed by atoms with E-state index >= 15 is 0 Å². The summed E-state index contributed by atoms with van der Waals surface area (Å²) >= 11 is 0. The van der Waals surface area contributed by atoms with Crippen LogP contribution in [-0.4, -0.2) is 35.1 Å². The van der Waals surface area contributed by atoms with E-state index in [2.05, 4.69) is 36.4 Å². The van der Waals surface area contributed by atoms with Gasteiger partial charge in [-0.3, -0.25) is 9.59 Å². The number of fused-ring (bicyclic) bond motifs is 1. The first kappa shape index (κ1) is 26.6. The van der Waals surface area contributed by atoms with E-state index in [0.29, 0.717) is 25.8 Å². The summed E-state index contributed by atoms with van der Waals surface area (Å²) in [7, 11) is 0. The Hall–Kier alpha value is -3.47. The number of ketones is 1. The number of esters is 1. The lowest BCUT2D eigenvalue weighted by Gasteiger charge is -2.36. The molecule has 1 fully saturated rings. The molecular formula is C32H37NO4. The maximum atomic E-state index is 13.6. The number of rotatable bonds is 9. The third-order valence-electron chi connectivity index (χ3n) is 7.67. The SMILES string of the molecule is CCC(C)(C)C(=O)C(=O)N1CCCC[C@@H]1C(=O)OC(CCc1ccccc1)c1ccc2ccccc2c1. The molecule has 1 aliphatic rings. The van der Waals surface area contributed by atoms with Gasteiger partial charge in [0.2, 0.25) is 5.78 Å². The van der Waals surface area contributed by atoms with Crippen LogP contribution >= 0.6 is 0 Å². The molecule has 1 amide bonds. The minimum Gasteiger partial charge on any atom is -0.456 e. The van der Waals surface area contributed by atoms with Gasteiger partial charge in [-0.05, 0) is 66.5 Å². The van der Waals surface area contributed by atoms with E-state index in [9.17, 15) is 14.4 Å². The third kappa shape index (κ3) is 6.27. The Morgan fingerprint density at radius 3 is 2.38 bits per heavy atom. The number of nitrogens with zero attached hydrogens (tertiary/aromatic N) is 1. The molecule has 5 heteroatoms. The van der Waals surface area contributed by atoms with Gasteiger partial charge in [0.25, 0.3) is 5.91 Å². The van der Waals surface area contributed by atoms with Gasteiger partial charge >= 0.3 is 5.97 Å². The van der Waals surface area contributed by atoms with Crippen LogP contribution in [0.2, 0.25) is 0 Å². The summed E-state index contributed by atoms with van der Waals surface area (Å²) in [5.74, 6) is -1.44. The van der Waals surface area contributed by atoms with Gasteiger partial charge in [-0.15, -0.1) is 0 Å². The van der Waals surface area contributed by atoms with Crippen LogP contribution in [0.5, 0.6) is 0 Å². The number of hydrogen-bond donors (Lipinski definition) is 0. The lowest BCUT2D eigenvalue weighted by atomic mass is 9.84. The van der Waals surface area contributed by atoms with Crippen molar-refractivity contribution in [3.63, 3.8) is 0 Å². The van der Waals surface area contributed by atoms with Crippen molar-refractivity contribution in [3.05, 3.63) is 83.9 Å². The fraction of sp³-hybridized carbons (Fsp3) is 0.406. The molecule has 5 nitrogen and oxygen atoms in total. The van der Waals surface area contributed by atoms with Crippen LogP contribution in [0.3, 0.4) is 0 Å². The second-order valence-corrected chi connectivity index (χ2v) is 10.6. The second kappa shape index (κ2) is 11.7. The van der Waals surface area contributed by atoms with E-state index in [4.69, 9.17) is 4.74 Å². The Morgan fingerprint density at radius 2 is 1.65 bits per heavy atom. The van der Waals surface area contributed by atoms with Crippen LogP contribution in [0.15, 0.2) is 72.8 Å². The molecule has 4 rings (SSSR count). The minimum atomic E-state index is -0.758. The fourth-order valence-corrected chi connectivity index (χ4v) is 4.86. The first-order chi connectivity index (χ1) is 17.8. The highest BCUT2D eigenvalue weighted by Gasteiger charge is 2.41. The Morgan fingerprint density at radius 1 is 0.946 bits per heavy atom. The third-order valence-corrected chi connectivity index (χ3v) is 7.67. The number of Topliss-reactive ketones (excluding diaryl/α,β-unsaturated/α-hetero) is 1. The van der Waals surface area contributed by atoms with Crippen molar-refractivity contribution in [1.82, 2.24) is 4.90 Å². The summed E-state index contributed by atoms with van der Waals surface area (Å²) in [4.78, 5) is 41.2. The van der Waals surface area contributed by atoms with Crippen LogP contribution < -0.4 is 0 Å². The van der Waals surface area contributed by atoms with Gasteiger partial charge in [0.05, 0.1) is 0 Å². The van der Waals surface area contributed by atoms with E-state index in [-0.39, 0.29) is 0 Å². The van der Waals surface area contributed by atoms with E-state index in [1.165, 1.54) is 10.5 Å². The predicted octanol–water partition coefficient (Wildman–Crippen LogP) is 6.44. The Bertz CT molecular complexity index is 1250. The van der Waals surface area contributed by atoms with Crippen molar-refractivity contribution >= 4 is 28.4 Å². The lowest BCUT2D eigenvalue weighted by Crippen LogP contribution is -2.53. The molecule has 37 heavy (non-hydrogen) atoms. The standard InChI is InChI=1S/C32H37NO4/c1-4-32(2,3)29(34)30(35)33-21-11-10-16-27(33)31(36)37-28(20-17-23-12-6-5-7-13-23)26-19-18-24-14-8-9-15-25(24)22-26/h5-9,12-15,18-19,22,27-28H,4,10-11,16-17,20-21H2,1-3H3/t27-,28?/m1/s1. The molecule has 194 valence electrons. The molecule has 0 aliphatic carbocycles. The van der Waals surface area contributed by atoms with E-state index < -0.39 is 35.2 Å². The molecule has 1 heterocycles. The van der Waals surface area contributed by atoms with Gasteiger partial charge in [0, 0.05) is 12.0 Å². The van der Waals surface area contributed by atoms with E-state index in [1.807, 2.05) is 43.3 Å². The van der Waals surface area contributed by atoms with E-state index in [0.717, 1.165) is 35.6 Å². The van der Waals surface area contributed by atoms with Crippen molar-refractivity contribution in [2.75, 3.05) is 6.54 Å². The topological polar surface area (TPSA) is 63.7 Å². The Balaban J connectivity index is 1.57. The summed E-state index contributed by atoms with van der Waals surface area (Å²) in [6.45, 7) is 5.86. The fourth-order valence-electron chi connectivity index (χ4n) is 4.86. The monoisotopic (exact) mass is 499 g/mol. The zero-order valence-electron chi connectivity index (χ0n) is 22.1. The number of benzene rings is 3. The van der Waals surface area contributed by atoms with Crippen LogP contribution in [-0.2, 0) is 25.5 Å². The lowest BCUT2D eigenvalue weighted by molar-refractivity contribution is -0.164. The summed E-state index contributed by atoms with van der Waals surface area (Å²) < 4.78 is 6.17. The maximum absolute atomic E-state index is 13.6. The predicted molar refractivity (Wildman–Crippen MR) is 146 cm³/mol. The number of hydrogen-bond acceptors (Lipinski definition) is 4. The Kier molecular flexibility index (Phi) is 8.42. The van der Waals surface area contributed by atoms with Gasteiger partial charge in [0.1, 0.15) is 12.1 Å². The molecule has 2 atom stereocenters. The van der Waals surface area contributed by atoms with E-state index in [1.54, 1.807) is 13.8 Å². The summed E-state index contributed by atoms with van der Waals surface area (Å²) in [6.07, 6.45) is 3.58. The van der Waals surface area contributed by atoms with Crippen molar-refractivity contribution < 1.29 is 19.1 Å². The first-order valence-corrected chi connectivity index (χ1v) is 13.4. The molecule has 1 aliphatic heterocycles. The van der Waals surface area contributed by atoms with Crippen LogP contribution in [0, 0.1) is 5.41 Å². The number of aryl methyl sites for hydroxylation is 1. The molecule has 0 bridgehead atoms. The number of amides is 1. The van der Waals surface area contributed by atoms with Gasteiger partial charge in [-0.1, -0.05) is 87.5 Å². The van der Waals surface area contributed by atoms with Crippen LogP contribution in [0.1, 0.15) is 70.1 Å². The van der Waals surface area contributed by atoms with Crippen molar-refractivity contribution in [2.45, 2.75) is 71.4 Å². The van der Waals surface area contributed by atoms with Gasteiger partial charge < -0.3 is 9.64 Å². The molecule has 3 aromatic carbocycles. The molecule has 1 saturated heterocycles. The second-order valence-electron chi connectivity index (χ2n) is 10.6. The Labute approximate surface area is 219 Å². The summed E-state index contributed by atoms with van der Waals surface area (Å²) in [5.41, 5.74) is 1.35. The molecule has 1 unspecified atom stereocenters. The van der Waals surface area contributed by atoms with Crippen molar-refractivity contribution in [1.29, 1.82) is 0 Å². The highest BCUT2D eigenvalue weighted by Crippen LogP contribution is 2.30. The van der Waals surface area contributed by atoms with Crippen molar-refractivity contribution in [3.8, 4) is 0 Å². The molecule has 0 spiro atoms. The molecule has 0 radical (unpaired) electrons. The quantitative estimate of drug-likeness (QED) is 0.251. The molecule has 0 saturated carbocycles. The minimum absolute atomic E-state index is 0.398. The van der Waals surface area contributed by atoms with Gasteiger partial charge in [-0.25, -0.2) is 4.79 Å². The van der Waals surface area contributed by atoms with Crippen molar-refractivity contribution in [2.24, 2.45) is 5.41 Å². The summed E-state index contributed by atoms with van der Waals surface area (Å²) in [5, 5.41) is 2.21. The highest BCUT2D eigenvalue weighted by atomic mass is 16.5. The van der Waals surface area contributed by atoms with Crippen LogP contribution in [0.4, 0.5) is 0 Å². The number of likely N-dealkylation sites (tertiary alicyclic amines) is 1. The number of ether oxygens (including phenoxy) is 1. The highest BCUT2D eigenvalue weighted by molar-refractivity contribution is 6.38. The smallest absolute Gasteiger partial charge is 0.329 e. The number of carbonyl (C=O) groups excluding carboxylic acids is 3. The molecule has 0 aromatic heterocycles. The van der Waals surface area contributed by atoms with Crippen LogP contribution in [0.25, 0.3) is 10.8 Å². The summed E-state index contributed by atoms with van der Waals surface area (Å²) in [6, 6.07) is 23.7. The molecule has 3 aromatic rings. The molecular weight excluding hydrogens is 462 g/mol. The number of piperidine rings is 1. The van der Waals surface area contributed by atoms with Gasteiger partial charge in [0.15, 0.2) is 0 Å². The average Bonchev–Trinajstić information content (AvgIpc) is 2.94. The largest absolute Gasteiger partial charge is 0.456 e. The normalized spacial score (nSPS) is 16.8. The maximum Gasteiger partial charge on any atom is 0.329 e. The van der Waals surface area contributed by atoms with Gasteiger partial charge in [-0.2, -0.15) is 0 Å². The first-order valence-electron chi connectivity index (χ1n) is 13.4.